The number of aryl methyl sites for hydroxylation is 1. The van der Waals surface area contributed by atoms with E-state index in [1.807, 2.05) is 0 Å². The van der Waals surface area contributed by atoms with Crippen LogP contribution < -0.4 is 0 Å². The number of pyridine rings is 2. The van der Waals surface area contributed by atoms with Crippen LogP contribution in [-0.4, -0.2) is 9.38 Å². The molecule has 2 heteroatoms. The molecule has 6 rings (SSSR count). The third kappa shape index (κ3) is 3.27. The van der Waals surface area contributed by atoms with Gasteiger partial charge in [0.25, 0.3) is 0 Å². The van der Waals surface area contributed by atoms with E-state index in [-0.39, 0.29) is 23.0 Å². The van der Waals surface area contributed by atoms with Crippen molar-refractivity contribution in [1.82, 2.24) is 9.38 Å². The first-order chi connectivity index (χ1) is 16.8. The van der Waals surface area contributed by atoms with Gasteiger partial charge in [-0.15, -0.1) is 0 Å². The molecule has 172 valence electrons. The normalized spacial score (nSPS) is 14.2. The van der Waals surface area contributed by atoms with Gasteiger partial charge in [-0.3, -0.25) is 4.40 Å². The van der Waals surface area contributed by atoms with Crippen LogP contribution in [0.5, 0.6) is 0 Å². The lowest BCUT2D eigenvalue weighted by Gasteiger charge is -2.22. The largest absolute Gasteiger partial charge is 0.300 e. The molecule has 0 saturated heterocycles. The predicted molar refractivity (Wildman–Crippen MR) is 147 cm³/mol. The Morgan fingerprint density at radius 3 is 2.29 bits per heavy atom. The summed E-state index contributed by atoms with van der Waals surface area (Å²) in [6, 6.07) is 13.7. The van der Waals surface area contributed by atoms with Crippen LogP contribution in [0.1, 0.15) is 61.0 Å². The van der Waals surface area contributed by atoms with Gasteiger partial charge in [-0.2, -0.15) is 0 Å². The quantitative estimate of drug-likeness (QED) is 0.191. The average Bonchev–Trinajstić information content (AvgIpc) is 3.09. The molecule has 0 saturated carbocycles. The molecule has 0 radical (unpaired) electrons. The van der Waals surface area contributed by atoms with Crippen LogP contribution in [0.25, 0.3) is 48.9 Å². The van der Waals surface area contributed by atoms with Gasteiger partial charge in [-0.05, 0) is 80.9 Å². The van der Waals surface area contributed by atoms with Gasteiger partial charge in [0.05, 0.1) is 8.26 Å². The van der Waals surface area contributed by atoms with Crippen molar-refractivity contribution in [1.29, 1.82) is 0 Å². The Kier molecular flexibility index (Phi) is 3.92. The summed E-state index contributed by atoms with van der Waals surface area (Å²) in [7, 11) is 0. The third-order valence-electron chi connectivity index (χ3n) is 6.98. The fourth-order valence-electron chi connectivity index (χ4n) is 5.82. The summed E-state index contributed by atoms with van der Waals surface area (Å²) in [5, 5.41) is 7.65. The highest BCUT2D eigenvalue weighted by Crippen LogP contribution is 2.42. The van der Waals surface area contributed by atoms with Crippen molar-refractivity contribution in [2.75, 3.05) is 0 Å². The zero-order chi connectivity index (χ0) is 25.7. The first kappa shape index (κ1) is 19.2. The zero-order valence-corrected chi connectivity index (χ0v) is 21.4. The van der Waals surface area contributed by atoms with E-state index in [2.05, 4.69) is 100 Å². The third-order valence-corrected chi connectivity index (χ3v) is 6.98. The molecule has 0 atom stereocenters. The van der Waals surface area contributed by atoms with Crippen LogP contribution >= 0.6 is 0 Å². The number of fused-ring (bicyclic) bond motifs is 4. The van der Waals surface area contributed by atoms with E-state index >= 15 is 0 Å². The molecule has 0 aliphatic carbocycles. The van der Waals surface area contributed by atoms with Crippen LogP contribution in [0.4, 0.5) is 0 Å². The van der Waals surface area contributed by atoms with Gasteiger partial charge < -0.3 is 0 Å². The SMILES string of the molecule is [2H]c1nc2c3c(cc4cc(CC(C)(C)C)ccc4c3c1[2H])c1c(CC(C)(C)C)ccc3c(C)cn2c31. The molecule has 3 aromatic carbocycles. The molecule has 0 aliphatic heterocycles. The average molecular weight is 449 g/mol. The van der Waals surface area contributed by atoms with Gasteiger partial charge in [0, 0.05) is 28.5 Å². The number of rotatable bonds is 2. The lowest BCUT2D eigenvalue weighted by Crippen LogP contribution is -2.10. The van der Waals surface area contributed by atoms with Crippen molar-refractivity contribution in [3.05, 3.63) is 71.5 Å². The first-order valence-electron chi connectivity index (χ1n) is 13.3. The van der Waals surface area contributed by atoms with E-state index in [1.165, 1.54) is 33.0 Å². The van der Waals surface area contributed by atoms with Gasteiger partial charge >= 0.3 is 0 Å². The molecular formula is C32H34N2. The molecule has 3 aromatic heterocycles. The second-order valence-corrected chi connectivity index (χ2v) is 12.6. The van der Waals surface area contributed by atoms with Crippen LogP contribution in [0, 0.1) is 17.8 Å². The standard InChI is InChI=1S/C32H34N2/c1-19-18-34-29-23(19)11-9-21(17-32(5,6)7)27(29)26-15-22-14-20(16-31(2,3)4)8-10-24(22)25-12-13-33-30(34)28(25)26/h8-15,18H,16-17H2,1-7H3/i12D,13D. The number of hydrogen-bond acceptors (Lipinski definition) is 1. The Hall–Kier alpha value is -3.13. The molecule has 0 aliphatic rings. The Labute approximate surface area is 204 Å². The summed E-state index contributed by atoms with van der Waals surface area (Å²) in [5.74, 6) is 0. The zero-order valence-electron chi connectivity index (χ0n) is 23.4. The molecule has 3 heterocycles. The van der Waals surface area contributed by atoms with Gasteiger partial charge in [-0.25, -0.2) is 4.98 Å². The Bertz CT molecular complexity index is 1830. The van der Waals surface area contributed by atoms with Crippen molar-refractivity contribution in [3.8, 4) is 0 Å². The van der Waals surface area contributed by atoms with E-state index in [9.17, 15) is 0 Å². The van der Waals surface area contributed by atoms with Crippen LogP contribution in [0.2, 0.25) is 0 Å². The minimum Gasteiger partial charge on any atom is -0.300 e. The number of nitrogens with zero attached hydrogens (tertiary/aromatic N) is 2. The van der Waals surface area contributed by atoms with Gasteiger partial charge in [0.2, 0.25) is 0 Å². The maximum atomic E-state index is 8.93. The fraction of sp³-hybridized carbons (Fsp3) is 0.344. The molecule has 6 aromatic rings. The van der Waals surface area contributed by atoms with E-state index in [0.717, 1.165) is 45.4 Å². The number of hydrogen-bond donors (Lipinski definition) is 0. The molecule has 0 spiro atoms. The van der Waals surface area contributed by atoms with E-state index in [1.54, 1.807) is 0 Å². The molecule has 0 bridgehead atoms. The maximum Gasteiger partial charge on any atom is 0.145 e. The second kappa shape index (κ2) is 6.95. The topological polar surface area (TPSA) is 17.3 Å². The highest BCUT2D eigenvalue weighted by molar-refractivity contribution is 6.28. The Balaban J connectivity index is 1.87. The lowest BCUT2D eigenvalue weighted by atomic mass is 9.84. The Morgan fingerprint density at radius 2 is 1.56 bits per heavy atom. The van der Waals surface area contributed by atoms with Crippen molar-refractivity contribution >= 4 is 48.9 Å². The molecule has 0 unspecified atom stereocenters. The second-order valence-electron chi connectivity index (χ2n) is 12.6. The molecular weight excluding hydrogens is 412 g/mol. The summed E-state index contributed by atoms with van der Waals surface area (Å²) >= 11 is 0. The predicted octanol–water partition coefficient (Wildman–Crippen LogP) is 8.87. The monoisotopic (exact) mass is 448 g/mol. The molecule has 0 fully saturated rings. The van der Waals surface area contributed by atoms with E-state index < -0.39 is 0 Å². The summed E-state index contributed by atoms with van der Waals surface area (Å²) in [4.78, 5) is 4.69. The molecule has 34 heavy (non-hydrogen) atoms. The smallest absolute Gasteiger partial charge is 0.145 e. The summed E-state index contributed by atoms with van der Waals surface area (Å²) < 4.78 is 19.7. The molecule has 2 nitrogen and oxygen atoms in total. The van der Waals surface area contributed by atoms with Gasteiger partial charge in [0.15, 0.2) is 0 Å². The summed E-state index contributed by atoms with van der Waals surface area (Å²) in [6.45, 7) is 15.8. The van der Waals surface area contributed by atoms with E-state index in [4.69, 9.17) is 2.74 Å². The highest BCUT2D eigenvalue weighted by atomic mass is 15.0. The maximum absolute atomic E-state index is 8.93. The first-order valence-corrected chi connectivity index (χ1v) is 12.3. The number of benzene rings is 3. The van der Waals surface area contributed by atoms with Crippen LogP contribution in [-0.2, 0) is 12.8 Å². The van der Waals surface area contributed by atoms with E-state index in [0.29, 0.717) is 0 Å². The minimum atomic E-state index is 0.0310. The van der Waals surface area contributed by atoms with Crippen LogP contribution in [0.15, 0.2) is 54.8 Å². The minimum absolute atomic E-state index is 0.0310. The Morgan fingerprint density at radius 1 is 0.824 bits per heavy atom. The fourth-order valence-corrected chi connectivity index (χ4v) is 5.82. The highest BCUT2D eigenvalue weighted by Gasteiger charge is 2.22. The van der Waals surface area contributed by atoms with Gasteiger partial charge in [0.1, 0.15) is 5.65 Å². The van der Waals surface area contributed by atoms with Crippen molar-refractivity contribution < 1.29 is 2.74 Å². The van der Waals surface area contributed by atoms with Crippen molar-refractivity contribution in [2.45, 2.75) is 61.3 Å². The van der Waals surface area contributed by atoms with Crippen LogP contribution in [0.3, 0.4) is 0 Å². The lowest BCUT2D eigenvalue weighted by molar-refractivity contribution is 0.411. The molecule has 0 amide bonds. The number of aromatic nitrogens is 2. The summed E-state index contributed by atoms with van der Waals surface area (Å²) in [6.07, 6.45) is 4.13. The molecule has 0 N–H and O–H groups in total. The van der Waals surface area contributed by atoms with Gasteiger partial charge in [-0.1, -0.05) is 71.9 Å². The van der Waals surface area contributed by atoms with Crippen molar-refractivity contribution in [3.63, 3.8) is 0 Å². The van der Waals surface area contributed by atoms with Crippen molar-refractivity contribution in [2.24, 2.45) is 10.8 Å². The summed E-state index contributed by atoms with van der Waals surface area (Å²) in [5.41, 5.74) is 6.11.